The van der Waals surface area contributed by atoms with Crippen LogP contribution in [0.1, 0.15) is 12.5 Å². The average Bonchev–Trinajstić information content (AvgIpc) is 3.21. The lowest BCUT2D eigenvalue weighted by Crippen LogP contribution is -2.53. The fourth-order valence-corrected chi connectivity index (χ4v) is 4.89. The quantitative estimate of drug-likeness (QED) is 0.743. The van der Waals surface area contributed by atoms with Gasteiger partial charge in [0.2, 0.25) is 17.7 Å². The predicted octanol–water partition coefficient (Wildman–Crippen LogP) is 2.28. The Kier molecular flexibility index (Phi) is 3.30. The number of halogens is 1. The maximum atomic E-state index is 13.4. The molecule has 3 amide bonds. The van der Waals surface area contributed by atoms with E-state index in [9.17, 15) is 14.4 Å². The van der Waals surface area contributed by atoms with Crippen LogP contribution >= 0.6 is 11.6 Å². The van der Waals surface area contributed by atoms with Gasteiger partial charge in [-0.3, -0.25) is 19.7 Å². The monoisotopic (exact) mass is 381 g/mol. The largest absolute Gasteiger partial charge is 0.324 e. The number of fused-ring (bicyclic) bond motifs is 4. The maximum Gasteiger partial charge on any atom is 0.250 e. The molecule has 0 radical (unpaired) electrons. The Morgan fingerprint density at radius 1 is 1.00 bits per heavy atom. The summed E-state index contributed by atoms with van der Waals surface area (Å²) in [6.45, 7) is 1.84. The number of amides is 3. The summed E-state index contributed by atoms with van der Waals surface area (Å²) >= 11 is 5.93. The smallest absolute Gasteiger partial charge is 0.250 e. The van der Waals surface area contributed by atoms with Crippen molar-refractivity contribution in [2.75, 3.05) is 10.2 Å². The Labute approximate surface area is 160 Å². The van der Waals surface area contributed by atoms with Gasteiger partial charge in [0.05, 0.1) is 17.5 Å². The van der Waals surface area contributed by atoms with Gasteiger partial charge in [0, 0.05) is 22.3 Å². The second-order valence-corrected chi connectivity index (χ2v) is 7.67. The van der Waals surface area contributed by atoms with Crippen LogP contribution in [0.15, 0.2) is 48.5 Å². The minimum Gasteiger partial charge on any atom is -0.324 e. The zero-order valence-corrected chi connectivity index (χ0v) is 15.2. The lowest BCUT2D eigenvalue weighted by molar-refractivity contribution is -0.130. The van der Waals surface area contributed by atoms with Crippen molar-refractivity contribution in [3.63, 3.8) is 0 Å². The molecule has 0 aliphatic carbocycles. The number of benzene rings is 2. The number of anilines is 2. The minimum atomic E-state index is -1.23. The van der Waals surface area contributed by atoms with E-state index in [0.29, 0.717) is 22.0 Å². The van der Waals surface area contributed by atoms with Gasteiger partial charge in [0.25, 0.3) is 0 Å². The first-order valence-electron chi connectivity index (χ1n) is 8.77. The van der Waals surface area contributed by atoms with E-state index < -0.39 is 17.4 Å². The van der Waals surface area contributed by atoms with Gasteiger partial charge >= 0.3 is 0 Å². The fourth-order valence-electron chi connectivity index (χ4n) is 4.76. The molecule has 1 spiro atoms. The molecule has 0 saturated carbocycles. The first-order valence-corrected chi connectivity index (χ1v) is 9.15. The second kappa shape index (κ2) is 5.41. The van der Waals surface area contributed by atoms with Crippen molar-refractivity contribution in [1.82, 2.24) is 5.32 Å². The van der Waals surface area contributed by atoms with Crippen molar-refractivity contribution in [2.24, 2.45) is 11.8 Å². The second-order valence-electron chi connectivity index (χ2n) is 7.23. The number of imide groups is 1. The molecule has 6 nitrogen and oxygen atoms in total. The first-order chi connectivity index (χ1) is 12.9. The minimum absolute atomic E-state index is 0.290. The highest BCUT2D eigenvalue weighted by Gasteiger charge is 2.69. The van der Waals surface area contributed by atoms with Gasteiger partial charge in [-0.2, -0.15) is 0 Å². The van der Waals surface area contributed by atoms with Crippen LogP contribution in [-0.2, 0) is 19.9 Å². The number of carbonyl (C=O) groups is 3. The van der Waals surface area contributed by atoms with E-state index in [2.05, 4.69) is 10.6 Å². The van der Waals surface area contributed by atoms with E-state index in [1.807, 2.05) is 25.1 Å². The summed E-state index contributed by atoms with van der Waals surface area (Å²) in [5.41, 5.74) is 0.633. The van der Waals surface area contributed by atoms with Crippen molar-refractivity contribution in [1.29, 1.82) is 0 Å². The maximum absolute atomic E-state index is 13.4. The van der Waals surface area contributed by atoms with Crippen LogP contribution in [0.2, 0.25) is 5.02 Å². The molecule has 7 heteroatoms. The number of rotatable bonds is 1. The molecule has 2 saturated heterocycles. The summed E-state index contributed by atoms with van der Waals surface area (Å²) in [6.07, 6.45) is 0. The summed E-state index contributed by atoms with van der Waals surface area (Å²) in [6, 6.07) is 13.5. The molecule has 2 N–H and O–H groups in total. The number of hydrogen-bond donors (Lipinski definition) is 2. The Hall–Kier alpha value is -2.70. The van der Waals surface area contributed by atoms with Crippen molar-refractivity contribution in [3.05, 3.63) is 59.1 Å². The van der Waals surface area contributed by atoms with Crippen LogP contribution in [0, 0.1) is 11.8 Å². The highest BCUT2D eigenvalue weighted by molar-refractivity contribution is 6.31. The topological polar surface area (TPSA) is 78.5 Å². The van der Waals surface area contributed by atoms with Gasteiger partial charge in [-0.1, -0.05) is 29.8 Å². The number of para-hydroxylation sites is 1. The normalized spacial score (nSPS) is 31.4. The van der Waals surface area contributed by atoms with E-state index in [4.69, 9.17) is 11.6 Å². The van der Waals surface area contributed by atoms with Crippen LogP contribution in [0.5, 0.6) is 0 Å². The predicted molar refractivity (Wildman–Crippen MR) is 100 cm³/mol. The molecule has 3 aliphatic heterocycles. The zero-order valence-electron chi connectivity index (χ0n) is 14.4. The molecular weight excluding hydrogens is 366 g/mol. The van der Waals surface area contributed by atoms with Gasteiger partial charge in [0.1, 0.15) is 5.54 Å². The van der Waals surface area contributed by atoms with Crippen LogP contribution < -0.4 is 15.5 Å². The van der Waals surface area contributed by atoms with E-state index in [-0.39, 0.29) is 23.8 Å². The molecule has 3 aliphatic rings. The van der Waals surface area contributed by atoms with Gasteiger partial charge in [-0.25, -0.2) is 4.90 Å². The number of carbonyl (C=O) groups excluding carboxylic acids is 3. The highest BCUT2D eigenvalue weighted by Crippen LogP contribution is 2.53. The third-order valence-corrected chi connectivity index (χ3v) is 6.11. The third-order valence-electron chi connectivity index (χ3n) is 5.85. The van der Waals surface area contributed by atoms with E-state index in [0.717, 1.165) is 0 Å². The number of hydrogen-bond acceptors (Lipinski definition) is 4. The molecular formula is C20H16ClN3O3. The number of nitrogens with zero attached hydrogens (tertiary/aromatic N) is 1. The van der Waals surface area contributed by atoms with Gasteiger partial charge in [0.15, 0.2) is 0 Å². The molecule has 136 valence electrons. The van der Waals surface area contributed by atoms with Crippen LogP contribution in [-0.4, -0.2) is 23.8 Å². The molecule has 3 heterocycles. The summed E-state index contributed by atoms with van der Waals surface area (Å²) in [7, 11) is 0. The van der Waals surface area contributed by atoms with E-state index in [1.165, 1.54) is 4.90 Å². The Morgan fingerprint density at radius 3 is 2.44 bits per heavy atom. The summed E-state index contributed by atoms with van der Waals surface area (Å²) in [5, 5.41) is 6.66. The SMILES string of the molecule is C[C@@H]1N[C@@]2(C(=O)Nc3ccccc32)[C@@H]2C(=O)N(c3ccc(Cl)cc3)C(=O)[C@H]12. The molecule has 0 unspecified atom stereocenters. The first kappa shape index (κ1) is 16.5. The van der Waals surface area contributed by atoms with Crippen LogP contribution in [0.4, 0.5) is 11.4 Å². The molecule has 27 heavy (non-hydrogen) atoms. The molecule has 2 fully saturated rings. The standard InChI is InChI=1S/C20H16ClN3O3/c1-10-15-16(18(26)24(17(15)25)12-8-6-11(21)7-9-12)20(23-10)13-4-2-3-5-14(13)22-19(20)27/h2-10,15-16,23H,1H3,(H,22,27)/t10-,15+,16-,20+/m0/s1. The Balaban J connectivity index is 1.66. The summed E-state index contributed by atoms with van der Waals surface area (Å²) in [4.78, 5) is 40.8. The van der Waals surface area contributed by atoms with Gasteiger partial charge < -0.3 is 5.32 Å². The molecule has 0 bridgehead atoms. The lowest BCUT2D eigenvalue weighted by atomic mass is 9.76. The van der Waals surface area contributed by atoms with Crippen molar-refractivity contribution in [3.8, 4) is 0 Å². The summed E-state index contributed by atoms with van der Waals surface area (Å²) < 4.78 is 0. The Morgan fingerprint density at radius 2 is 1.70 bits per heavy atom. The van der Waals surface area contributed by atoms with Crippen molar-refractivity contribution in [2.45, 2.75) is 18.5 Å². The van der Waals surface area contributed by atoms with Crippen LogP contribution in [0.3, 0.4) is 0 Å². The molecule has 4 atom stereocenters. The van der Waals surface area contributed by atoms with Crippen LogP contribution in [0.25, 0.3) is 0 Å². The molecule has 2 aromatic carbocycles. The van der Waals surface area contributed by atoms with Crippen molar-refractivity contribution >= 4 is 40.7 Å². The summed E-state index contributed by atoms with van der Waals surface area (Å²) in [5.74, 6) is -2.34. The van der Waals surface area contributed by atoms with E-state index >= 15 is 0 Å². The van der Waals surface area contributed by atoms with Gasteiger partial charge in [-0.05, 0) is 37.3 Å². The fraction of sp³-hybridized carbons (Fsp3) is 0.250. The zero-order chi connectivity index (χ0) is 18.9. The highest BCUT2D eigenvalue weighted by atomic mass is 35.5. The van der Waals surface area contributed by atoms with Gasteiger partial charge in [-0.15, -0.1) is 0 Å². The Bertz CT molecular complexity index is 1010. The van der Waals surface area contributed by atoms with Crippen molar-refractivity contribution < 1.29 is 14.4 Å². The average molecular weight is 382 g/mol. The number of nitrogens with one attached hydrogen (secondary N) is 2. The molecule has 0 aromatic heterocycles. The molecule has 5 rings (SSSR count). The van der Waals surface area contributed by atoms with E-state index in [1.54, 1.807) is 30.3 Å². The molecule has 2 aromatic rings. The third kappa shape index (κ3) is 1.97. The lowest BCUT2D eigenvalue weighted by Gasteiger charge is -2.29.